The van der Waals surface area contributed by atoms with Gasteiger partial charge in [0.15, 0.2) is 0 Å². The molecule has 1 aromatic carbocycles. The minimum Gasteiger partial charge on any atom is -0.468 e. The van der Waals surface area contributed by atoms with E-state index >= 15 is 0 Å². The van der Waals surface area contributed by atoms with E-state index in [4.69, 9.17) is 4.42 Å². The van der Waals surface area contributed by atoms with E-state index in [0.29, 0.717) is 13.0 Å². The predicted octanol–water partition coefficient (Wildman–Crippen LogP) is 2.91. The lowest BCUT2D eigenvalue weighted by Crippen LogP contribution is -2.40. The highest BCUT2D eigenvalue weighted by Gasteiger charge is 2.26. The molecule has 1 aromatic heterocycles. The van der Waals surface area contributed by atoms with Crippen molar-refractivity contribution >= 4 is 5.91 Å². The number of nitrogens with zero attached hydrogens (tertiary/aromatic N) is 1. The van der Waals surface area contributed by atoms with Crippen LogP contribution >= 0.6 is 0 Å². The Labute approximate surface area is 131 Å². The van der Waals surface area contributed by atoms with Crippen LogP contribution in [0.1, 0.15) is 36.3 Å². The summed E-state index contributed by atoms with van der Waals surface area (Å²) in [6.45, 7) is 4.32. The molecule has 2 aromatic rings. The summed E-state index contributed by atoms with van der Waals surface area (Å²) in [5.74, 6) is 0.991. The van der Waals surface area contributed by atoms with Gasteiger partial charge in [-0.15, -0.1) is 0 Å². The topological polar surface area (TPSA) is 45.5 Å². The number of amides is 1. The van der Waals surface area contributed by atoms with Crippen LogP contribution in [0.15, 0.2) is 47.1 Å². The Morgan fingerprint density at radius 3 is 2.82 bits per heavy atom. The summed E-state index contributed by atoms with van der Waals surface area (Å²) in [5.41, 5.74) is 2.79. The molecule has 0 aliphatic carbocycles. The third kappa shape index (κ3) is 3.22. The maximum absolute atomic E-state index is 11.6. The van der Waals surface area contributed by atoms with Crippen LogP contribution in [0.3, 0.4) is 0 Å². The second kappa shape index (κ2) is 6.79. The zero-order chi connectivity index (χ0) is 15.4. The molecule has 22 heavy (non-hydrogen) atoms. The molecule has 2 heterocycles. The molecule has 4 nitrogen and oxygen atoms in total. The first-order valence-electron chi connectivity index (χ1n) is 7.89. The fourth-order valence-electron chi connectivity index (χ4n) is 3.01. The van der Waals surface area contributed by atoms with Crippen LogP contribution in [0.4, 0.5) is 0 Å². The molecule has 1 aliphatic heterocycles. The van der Waals surface area contributed by atoms with Crippen molar-refractivity contribution < 1.29 is 9.21 Å². The number of benzene rings is 1. The lowest BCUT2D eigenvalue weighted by molar-refractivity contribution is -0.121. The number of nitrogens with one attached hydrogen (secondary N) is 1. The van der Waals surface area contributed by atoms with Gasteiger partial charge in [0.25, 0.3) is 0 Å². The summed E-state index contributed by atoms with van der Waals surface area (Å²) < 4.78 is 5.61. The monoisotopic (exact) mass is 298 g/mol. The third-order valence-corrected chi connectivity index (χ3v) is 4.29. The summed E-state index contributed by atoms with van der Waals surface area (Å²) in [6.07, 6.45) is 3.24. The Balaban J connectivity index is 1.76. The van der Waals surface area contributed by atoms with Crippen LogP contribution in [0, 0.1) is 0 Å². The molecule has 0 fully saturated rings. The second-order valence-corrected chi connectivity index (χ2v) is 5.68. The van der Waals surface area contributed by atoms with Crippen LogP contribution in [0.5, 0.6) is 0 Å². The van der Waals surface area contributed by atoms with Crippen molar-refractivity contribution in [3.63, 3.8) is 0 Å². The Morgan fingerprint density at radius 2 is 2.09 bits per heavy atom. The Morgan fingerprint density at radius 1 is 1.27 bits per heavy atom. The van der Waals surface area contributed by atoms with E-state index in [1.807, 2.05) is 19.1 Å². The van der Waals surface area contributed by atoms with Gasteiger partial charge in [-0.1, -0.05) is 31.2 Å². The van der Waals surface area contributed by atoms with Crippen molar-refractivity contribution in [3.05, 3.63) is 59.5 Å². The Bertz CT molecular complexity index is 622. The molecule has 3 rings (SSSR count). The van der Waals surface area contributed by atoms with Gasteiger partial charge in [0.1, 0.15) is 5.76 Å². The molecular formula is C18H22N2O2. The van der Waals surface area contributed by atoms with Crippen LogP contribution in [-0.4, -0.2) is 23.9 Å². The number of rotatable bonds is 5. The Hall–Kier alpha value is -2.07. The van der Waals surface area contributed by atoms with E-state index < -0.39 is 0 Å². The molecule has 0 saturated heterocycles. The van der Waals surface area contributed by atoms with E-state index in [9.17, 15) is 4.79 Å². The molecule has 0 unspecified atom stereocenters. The molecule has 0 saturated carbocycles. The van der Waals surface area contributed by atoms with E-state index in [1.54, 1.807) is 6.26 Å². The summed E-state index contributed by atoms with van der Waals surface area (Å²) in [6, 6.07) is 12.5. The van der Waals surface area contributed by atoms with Crippen molar-refractivity contribution in [3.8, 4) is 0 Å². The van der Waals surface area contributed by atoms with Gasteiger partial charge < -0.3 is 9.73 Å². The van der Waals surface area contributed by atoms with Gasteiger partial charge in [-0.25, -0.2) is 0 Å². The first-order chi connectivity index (χ1) is 10.8. The van der Waals surface area contributed by atoms with Crippen LogP contribution in [0.25, 0.3) is 0 Å². The summed E-state index contributed by atoms with van der Waals surface area (Å²) in [5, 5.41) is 3.00. The minimum absolute atomic E-state index is 0.0777. The van der Waals surface area contributed by atoms with Gasteiger partial charge in [0, 0.05) is 26.1 Å². The average molecular weight is 298 g/mol. The summed E-state index contributed by atoms with van der Waals surface area (Å²) in [7, 11) is 0. The maximum atomic E-state index is 11.6. The van der Waals surface area contributed by atoms with E-state index in [0.717, 1.165) is 25.3 Å². The molecule has 116 valence electrons. The number of carbonyl (C=O) groups is 1. The molecule has 0 bridgehead atoms. The fraction of sp³-hybridized carbons (Fsp3) is 0.389. The quantitative estimate of drug-likeness (QED) is 0.923. The molecule has 0 radical (unpaired) electrons. The SMILES string of the molecule is CCC(=O)NC[C@H](c1ccco1)N1CCc2ccccc2C1. The molecule has 1 atom stereocenters. The number of furan rings is 1. The van der Waals surface area contributed by atoms with Crippen molar-refractivity contribution in [1.29, 1.82) is 0 Å². The maximum Gasteiger partial charge on any atom is 0.219 e. The number of fused-ring (bicyclic) bond motifs is 1. The standard InChI is InChI=1S/C18H22N2O2/c1-2-18(21)19-12-16(17-8-5-11-22-17)20-10-9-14-6-3-4-7-15(14)13-20/h3-8,11,16H,2,9-10,12-13H2,1H3,(H,19,21)/t16-/m1/s1. The minimum atomic E-state index is 0.0777. The highest BCUT2D eigenvalue weighted by Crippen LogP contribution is 2.27. The van der Waals surface area contributed by atoms with Gasteiger partial charge in [0.05, 0.1) is 12.3 Å². The number of hydrogen-bond donors (Lipinski definition) is 1. The van der Waals surface area contributed by atoms with Gasteiger partial charge in [-0.2, -0.15) is 0 Å². The van der Waals surface area contributed by atoms with Crippen molar-refractivity contribution in [1.82, 2.24) is 10.2 Å². The van der Waals surface area contributed by atoms with Gasteiger partial charge >= 0.3 is 0 Å². The average Bonchev–Trinajstić information content (AvgIpc) is 3.09. The summed E-state index contributed by atoms with van der Waals surface area (Å²) in [4.78, 5) is 14.0. The molecule has 4 heteroatoms. The van der Waals surface area contributed by atoms with Crippen LogP contribution in [-0.2, 0) is 17.8 Å². The largest absolute Gasteiger partial charge is 0.468 e. The zero-order valence-corrected chi connectivity index (χ0v) is 12.9. The molecule has 1 aliphatic rings. The highest BCUT2D eigenvalue weighted by atomic mass is 16.3. The normalized spacial score (nSPS) is 16.0. The van der Waals surface area contributed by atoms with Crippen LogP contribution in [0.2, 0.25) is 0 Å². The molecule has 1 amide bonds. The van der Waals surface area contributed by atoms with Gasteiger partial charge in [-0.05, 0) is 29.7 Å². The van der Waals surface area contributed by atoms with Crippen LogP contribution < -0.4 is 5.32 Å². The fourth-order valence-corrected chi connectivity index (χ4v) is 3.01. The second-order valence-electron chi connectivity index (χ2n) is 5.68. The number of hydrogen-bond acceptors (Lipinski definition) is 3. The van der Waals surface area contributed by atoms with E-state index in [-0.39, 0.29) is 11.9 Å². The van der Waals surface area contributed by atoms with Gasteiger partial charge in [-0.3, -0.25) is 9.69 Å². The first-order valence-corrected chi connectivity index (χ1v) is 7.89. The first kappa shape index (κ1) is 14.9. The van der Waals surface area contributed by atoms with Gasteiger partial charge in [0.2, 0.25) is 5.91 Å². The third-order valence-electron chi connectivity index (χ3n) is 4.29. The molecular weight excluding hydrogens is 276 g/mol. The van der Waals surface area contributed by atoms with Crippen molar-refractivity contribution in [2.24, 2.45) is 0 Å². The Kier molecular flexibility index (Phi) is 4.59. The van der Waals surface area contributed by atoms with E-state index in [1.165, 1.54) is 11.1 Å². The smallest absolute Gasteiger partial charge is 0.219 e. The van der Waals surface area contributed by atoms with Crippen molar-refractivity contribution in [2.75, 3.05) is 13.1 Å². The lowest BCUT2D eigenvalue weighted by Gasteiger charge is -2.34. The number of carbonyl (C=O) groups excluding carboxylic acids is 1. The van der Waals surface area contributed by atoms with Crippen molar-refractivity contribution in [2.45, 2.75) is 32.4 Å². The lowest BCUT2D eigenvalue weighted by atomic mass is 9.98. The zero-order valence-electron chi connectivity index (χ0n) is 12.9. The predicted molar refractivity (Wildman–Crippen MR) is 85.3 cm³/mol. The van der Waals surface area contributed by atoms with E-state index in [2.05, 4.69) is 34.5 Å². The molecule has 0 spiro atoms. The molecule has 1 N–H and O–H groups in total. The summed E-state index contributed by atoms with van der Waals surface area (Å²) >= 11 is 0. The highest BCUT2D eigenvalue weighted by molar-refractivity contribution is 5.75.